The second kappa shape index (κ2) is 19.5. The zero-order chi connectivity index (χ0) is 41.6. The van der Waals surface area contributed by atoms with E-state index in [1.54, 1.807) is 19.1 Å². The van der Waals surface area contributed by atoms with Crippen molar-refractivity contribution in [2.45, 2.75) is 119 Å². The van der Waals surface area contributed by atoms with Gasteiger partial charge in [0.2, 0.25) is 5.91 Å². The van der Waals surface area contributed by atoms with Gasteiger partial charge in [0.15, 0.2) is 0 Å². The Morgan fingerprint density at radius 2 is 1.75 bits per heavy atom. The number of benzene rings is 2. The van der Waals surface area contributed by atoms with Gasteiger partial charge in [-0.1, -0.05) is 80.5 Å². The number of likely N-dealkylation sites (N-methyl/N-ethyl adjacent to an activating group) is 1. The Hall–Kier alpha value is -3.22. The van der Waals surface area contributed by atoms with Gasteiger partial charge in [0.1, 0.15) is 17.9 Å². The van der Waals surface area contributed by atoms with E-state index in [0.29, 0.717) is 35.0 Å². The van der Waals surface area contributed by atoms with Gasteiger partial charge in [0, 0.05) is 53.5 Å². The summed E-state index contributed by atoms with van der Waals surface area (Å²) < 4.78 is 6.13. The molecule has 2 amide bonds. The zero-order valence-electron chi connectivity index (χ0n) is 36.5. The number of aliphatic hydroxyl groups is 2. The van der Waals surface area contributed by atoms with Gasteiger partial charge in [0.05, 0.1) is 26.4 Å². The molecule has 2 aliphatic rings. The standard InChI is InChI=1S/C45H73N5O6/c1-26(2)17-36(24-49(11)12)47-43(53)34-19-33(20-35(21-34)46-22-27(3)4)37-16-14-15-32(42(37)55-13)23-50-41(40(31(8)52)39(25-51)56-50)44(54)48-38-18-28(5)45(9,10)30(7)29(38)6/h14-16,19-21,26-31,36,38-41,46,51-52H,17-18,22-25H2,1-13H3,(H,47,53)(H,48,54)/t28-,29+,30+,31+,36+,38+,39+,40-,41+/m1/s1. The Kier molecular flexibility index (Phi) is 15.8. The smallest absolute Gasteiger partial charge is 0.251 e. The second-order valence-electron chi connectivity index (χ2n) is 18.5. The van der Waals surface area contributed by atoms with Crippen molar-refractivity contribution in [2.24, 2.45) is 40.9 Å². The van der Waals surface area contributed by atoms with Gasteiger partial charge in [-0.2, -0.15) is 5.06 Å². The van der Waals surface area contributed by atoms with Gasteiger partial charge in [-0.3, -0.25) is 14.4 Å². The molecule has 2 fully saturated rings. The van der Waals surface area contributed by atoms with Crippen molar-refractivity contribution in [3.8, 4) is 16.9 Å². The third-order valence-electron chi connectivity index (χ3n) is 12.7. The van der Waals surface area contributed by atoms with Crippen LogP contribution < -0.4 is 20.7 Å². The summed E-state index contributed by atoms with van der Waals surface area (Å²) in [5.41, 5.74) is 3.87. The Balaban J connectivity index is 1.71. The van der Waals surface area contributed by atoms with Crippen LogP contribution in [0.5, 0.6) is 5.75 Å². The number of hydrogen-bond donors (Lipinski definition) is 5. The minimum Gasteiger partial charge on any atom is -0.496 e. The lowest BCUT2D eigenvalue weighted by Crippen LogP contribution is -2.56. The first kappa shape index (κ1) is 45.5. The highest BCUT2D eigenvalue weighted by Gasteiger charge is 2.51. The molecule has 314 valence electrons. The Labute approximate surface area is 337 Å². The number of nitrogens with zero attached hydrogens (tertiary/aromatic N) is 2. The lowest BCUT2D eigenvalue weighted by atomic mass is 9.58. The molecule has 2 aromatic rings. The Morgan fingerprint density at radius 1 is 1.05 bits per heavy atom. The molecule has 1 saturated carbocycles. The molecule has 1 heterocycles. The van der Waals surface area contributed by atoms with E-state index >= 15 is 0 Å². The molecule has 0 aromatic heterocycles. The average Bonchev–Trinajstić information content (AvgIpc) is 3.50. The number of aliphatic hydroxyl groups excluding tert-OH is 2. The van der Waals surface area contributed by atoms with Gasteiger partial charge in [-0.05, 0) is 92.6 Å². The number of anilines is 1. The van der Waals surface area contributed by atoms with E-state index in [2.05, 4.69) is 83.2 Å². The second-order valence-corrected chi connectivity index (χ2v) is 18.5. The summed E-state index contributed by atoms with van der Waals surface area (Å²) in [6.07, 6.45) is 0.0383. The molecule has 56 heavy (non-hydrogen) atoms. The molecule has 1 aliphatic carbocycles. The predicted octanol–water partition coefficient (Wildman–Crippen LogP) is 6.43. The number of hydroxylamine groups is 2. The molecular formula is C45H73N5O6. The van der Waals surface area contributed by atoms with Crippen LogP contribution in [-0.2, 0) is 16.2 Å². The van der Waals surface area contributed by atoms with Crippen molar-refractivity contribution >= 4 is 17.5 Å². The number of ether oxygens (including phenoxy) is 1. The van der Waals surface area contributed by atoms with E-state index in [1.165, 1.54) is 0 Å². The number of nitrogens with one attached hydrogen (secondary N) is 3. The van der Waals surface area contributed by atoms with Crippen LogP contribution in [0.3, 0.4) is 0 Å². The van der Waals surface area contributed by atoms with Crippen LogP contribution in [0.15, 0.2) is 36.4 Å². The Bertz CT molecular complexity index is 1600. The highest BCUT2D eigenvalue weighted by atomic mass is 16.7. The van der Waals surface area contributed by atoms with Crippen LogP contribution in [0, 0.1) is 40.9 Å². The third-order valence-corrected chi connectivity index (χ3v) is 12.7. The normalized spacial score (nSPS) is 26.4. The number of rotatable bonds is 17. The summed E-state index contributed by atoms with van der Waals surface area (Å²) in [6, 6.07) is 10.8. The van der Waals surface area contributed by atoms with Gasteiger partial charge >= 0.3 is 0 Å². The molecular weight excluding hydrogens is 707 g/mol. The summed E-state index contributed by atoms with van der Waals surface area (Å²) in [7, 11) is 5.65. The van der Waals surface area contributed by atoms with E-state index in [1.807, 2.05) is 50.5 Å². The highest BCUT2D eigenvalue weighted by molar-refractivity contribution is 5.97. The van der Waals surface area contributed by atoms with Gasteiger partial charge < -0.3 is 35.8 Å². The van der Waals surface area contributed by atoms with Crippen LogP contribution in [0.1, 0.15) is 98.0 Å². The summed E-state index contributed by atoms with van der Waals surface area (Å²) in [4.78, 5) is 36.7. The fourth-order valence-electron chi connectivity index (χ4n) is 8.85. The zero-order valence-corrected chi connectivity index (χ0v) is 36.5. The topological polar surface area (TPSA) is 136 Å². The number of para-hydroxylation sites is 1. The maximum atomic E-state index is 14.4. The number of methoxy groups -OCH3 is 1. The number of carbonyl (C=O) groups is 2. The molecule has 9 atom stereocenters. The first-order valence-electron chi connectivity index (χ1n) is 20.8. The summed E-state index contributed by atoms with van der Waals surface area (Å²) >= 11 is 0. The minimum atomic E-state index is -0.912. The van der Waals surface area contributed by atoms with Crippen LogP contribution in [0.2, 0.25) is 0 Å². The van der Waals surface area contributed by atoms with E-state index in [0.717, 1.165) is 48.3 Å². The number of carbonyl (C=O) groups excluding carboxylic acids is 2. The summed E-state index contributed by atoms with van der Waals surface area (Å²) in [5, 5.41) is 33.2. The van der Waals surface area contributed by atoms with E-state index in [9.17, 15) is 19.8 Å². The molecule has 11 heteroatoms. The van der Waals surface area contributed by atoms with Gasteiger partial charge in [-0.15, -0.1) is 0 Å². The molecule has 2 aromatic carbocycles. The van der Waals surface area contributed by atoms with Gasteiger partial charge in [0.25, 0.3) is 5.91 Å². The van der Waals surface area contributed by atoms with Crippen molar-refractivity contribution in [1.82, 2.24) is 20.6 Å². The molecule has 5 N–H and O–H groups in total. The summed E-state index contributed by atoms with van der Waals surface area (Å²) in [5.74, 6) is 1.43. The van der Waals surface area contributed by atoms with Crippen molar-refractivity contribution < 1.29 is 29.4 Å². The lowest BCUT2D eigenvalue weighted by molar-refractivity contribution is -0.182. The molecule has 0 unspecified atom stereocenters. The fourth-order valence-corrected chi connectivity index (χ4v) is 8.85. The molecule has 11 nitrogen and oxygen atoms in total. The van der Waals surface area contributed by atoms with E-state index in [4.69, 9.17) is 9.57 Å². The SMILES string of the molecule is COc1c(CN2O[C@@H](CO)[C@@H]([C@H](C)O)[C@H]2C(=O)N[C@H]2C[C@@H](C)C(C)(C)[C@@H](C)[C@@H]2C)cccc1-c1cc(NCC(C)C)cc(C(=O)N[C@@H](CC(C)C)CN(C)C)c1. The van der Waals surface area contributed by atoms with Crippen LogP contribution in [-0.4, -0.2) is 103 Å². The molecule has 4 rings (SSSR count). The highest BCUT2D eigenvalue weighted by Crippen LogP contribution is 2.47. The molecule has 0 radical (unpaired) electrons. The fraction of sp³-hybridized carbons (Fsp3) is 0.689. The summed E-state index contributed by atoms with van der Waals surface area (Å²) in [6.45, 7) is 22.9. The molecule has 0 spiro atoms. The average molecular weight is 780 g/mol. The maximum Gasteiger partial charge on any atom is 0.251 e. The maximum absolute atomic E-state index is 14.4. The van der Waals surface area contributed by atoms with Crippen molar-refractivity contribution in [1.29, 1.82) is 0 Å². The lowest BCUT2D eigenvalue weighted by Gasteiger charge is -2.50. The van der Waals surface area contributed by atoms with Crippen molar-refractivity contribution in [3.63, 3.8) is 0 Å². The van der Waals surface area contributed by atoms with Crippen molar-refractivity contribution in [2.75, 3.05) is 46.2 Å². The first-order chi connectivity index (χ1) is 26.3. The Morgan fingerprint density at radius 3 is 2.34 bits per heavy atom. The van der Waals surface area contributed by atoms with Crippen LogP contribution in [0.25, 0.3) is 11.1 Å². The molecule has 1 saturated heterocycles. The third kappa shape index (κ3) is 10.8. The molecule has 1 aliphatic heterocycles. The van der Waals surface area contributed by atoms with E-state index < -0.39 is 24.2 Å². The van der Waals surface area contributed by atoms with Crippen LogP contribution in [0.4, 0.5) is 5.69 Å². The van der Waals surface area contributed by atoms with Crippen molar-refractivity contribution in [3.05, 3.63) is 47.5 Å². The minimum absolute atomic E-state index is 0.00937. The molecule has 0 bridgehead atoms. The van der Waals surface area contributed by atoms with Crippen LogP contribution >= 0.6 is 0 Å². The first-order valence-corrected chi connectivity index (χ1v) is 20.8. The van der Waals surface area contributed by atoms with Gasteiger partial charge in [-0.25, -0.2) is 0 Å². The predicted molar refractivity (Wildman–Crippen MR) is 225 cm³/mol. The monoisotopic (exact) mass is 780 g/mol. The number of amides is 2. The quantitative estimate of drug-likeness (QED) is 0.123. The number of hydrogen-bond acceptors (Lipinski definition) is 9. The largest absolute Gasteiger partial charge is 0.496 e. The van der Waals surface area contributed by atoms with E-state index in [-0.39, 0.29) is 48.4 Å².